The Kier molecular flexibility index (Phi) is 4.84. The molecule has 2 rings (SSSR count). The van der Waals surface area contributed by atoms with E-state index < -0.39 is 9.84 Å². The van der Waals surface area contributed by atoms with Crippen molar-refractivity contribution in [3.8, 4) is 0 Å². The summed E-state index contributed by atoms with van der Waals surface area (Å²) in [6.45, 7) is 5.06. The SMILES string of the molecule is Cc1cc(CN=C(N)N2CCOCC2)ccc1S(C)(=O)=O. The molecule has 1 aromatic rings. The van der Waals surface area contributed by atoms with Crippen molar-refractivity contribution < 1.29 is 13.2 Å². The highest BCUT2D eigenvalue weighted by atomic mass is 32.2. The Labute approximate surface area is 125 Å². The largest absolute Gasteiger partial charge is 0.378 e. The number of hydrogen-bond donors (Lipinski definition) is 1. The maximum atomic E-state index is 11.6. The molecule has 7 heteroatoms. The molecule has 0 unspecified atom stereocenters. The van der Waals surface area contributed by atoms with E-state index in [4.69, 9.17) is 10.5 Å². The van der Waals surface area contributed by atoms with Gasteiger partial charge in [0.25, 0.3) is 0 Å². The van der Waals surface area contributed by atoms with Gasteiger partial charge in [0.1, 0.15) is 0 Å². The van der Waals surface area contributed by atoms with Crippen LogP contribution in [-0.4, -0.2) is 51.8 Å². The minimum atomic E-state index is -3.18. The summed E-state index contributed by atoms with van der Waals surface area (Å²) >= 11 is 0. The maximum absolute atomic E-state index is 11.6. The lowest BCUT2D eigenvalue weighted by atomic mass is 10.1. The number of nitrogens with two attached hydrogens (primary N) is 1. The second kappa shape index (κ2) is 6.44. The fourth-order valence-corrected chi connectivity index (χ4v) is 3.25. The average molecular weight is 311 g/mol. The van der Waals surface area contributed by atoms with Gasteiger partial charge in [0, 0.05) is 19.3 Å². The fourth-order valence-electron chi connectivity index (χ4n) is 2.29. The molecule has 0 amide bonds. The molecule has 0 aliphatic carbocycles. The number of aliphatic imine (C=N–C) groups is 1. The Balaban J connectivity index is 2.08. The highest BCUT2D eigenvalue weighted by molar-refractivity contribution is 7.90. The first kappa shape index (κ1) is 15.8. The topological polar surface area (TPSA) is 85.0 Å². The van der Waals surface area contributed by atoms with Crippen LogP contribution in [0, 0.1) is 6.92 Å². The molecule has 0 saturated carbocycles. The zero-order valence-electron chi connectivity index (χ0n) is 12.4. The Hall–Kier alpha value is -1.60. The number of rotatable bonds is 3. The van der Waals surface area contributed by atoms with Crippen LogP contribution in [0.1, 0.15) is 11.1 Å². The Morgan fingerprint density at radius 2 is 2.05 bits per heavy atom. The highest BCUT2D eigenvalue weighted by Crippen LogP contribution is 2.17. The van der Waals surface area contributed by atoms with Crippen LogP contribution < -0.4 is 5.73 Å². The molecule has 1 aliphatic heterocycles. The van der Waals surface area contributed by atoms with Crippen LogP contribution in [0.5, 0.6) is 0 Å². The summed E-state index contributed by atoms with van der Waals surface area (Å²) < 4.78 is 28.4. The van der Waals surface area contributed by atoms with Crippen molar-refractivity contribution in [1.82, 2.24) is 4.90 Å². The van der Waals surface area contributed by atoms with E-state index in [1.54, 1.807) is 19.1 Å². The zero-order valence-corrected chi connectivity index (χ0v) is 13.2. The van der Waals surface area contributed by atoms with Gasteiger partial charge in [-0.25, -0.2) is 13.4 Å². The maximum Gasteiger partial charge on any atom is 0.191 e. The molecular weight excluding hydrogens is 290 g/mol. The van der Waals surface area contributed by atoms with Crippen LogP contribution in [-0.2, 0) is 21.1 Å². The molecule has 1 saturated heterocycles. The van der Waals surface area contributed by atoms with Crippen molar-refractivity contribution in [2.24, 2.45) is 10.7 Å². The standard InChI is InChI=1S/C14H21N3O3S/c1-11-9-12(3-4-13(11)21(2,18)19)10-16-14(15)17-5-7-20-8-6-17/h3-4,9H,5-8,10H2,1-2H3,(H2,15,16). The first-order valence-electron chi connectivity index (χ1n) is 6.80. The highest BCUT2D eigenvalue weighted by Gasteiger charge is 2.13. The smallest absolute Gasteiger partial charge is 0.191 e. The monoisotopic (exact) mass is 311 g/mol. The van der Waals surface area contributed by atoms with Gasteiger partial charge >= 0.3 is 0 Å². The number of sulfone groups is 1. The Morgan fingerprint density at radius 1 is 1.38 bits per heavy atom. The predicted molar refractivity (Wildman–Crippen MR) is 82.0 cm³/mol. The van der Waals surface area contributed by atoms with Crippen LogP contribution in [0.2, 0.25) is 0 Å². The normalized spacial score (nSPS) is 17.0. The predicted octanol–water partition coefficient (Wildman–Crippen LogP) is 0.545. The van der Waals surface area contributed by atoms with E-state index in [9.17, 15) is 8.42 Å². The van der Waals surface area contributed by atoms with Gasteiger partial charge in [-0.3, -0.25) is 0 Å². The second-order valence-corrected chi connectivity index (χ2v) is 7.13. The number of ether oxygens (including phenoxy) is 1. The molecule has 0 aromatic heterocycles. The molecule has 0 spiro atoms. The molecule has 1 aliphatic rings. The lowest BCUT2D eigenvalue weighted by Gasteiger charge is -2.27. The van der Waals surface area contributed by atoms with Gasteiger partial charge in [-0.2, -0.15) is 0 Å². The van der Waals surface area contributed by atoms with E-state index in [1.165, 1.54) is 6.26 Å². The van der Waals surface area contributed by atoms with Crippen LogP contribution >= 0.6 is 0 Å². The number of hydrogen-bond acceptors (Lipinski definition) is 4. The minimum Gasteiger partial charge on any atom is -0.378 e. The van der Waals surface area contributed by atoms with Gasteiger partial charge in [0.2, 0.25) is 0 Å². The van der Waals surface area contributed by atoms with Crippen molar-refractivity contribution in [2.75, 3.05) is 32.6 Å². The molecule has 1 aromatic carbocycles. The van der Waals surface area contributed by atoms with E-state index in [0.29, 0.717) is 30.6 Å². The summed E-state index contributed by atoms with van der Waals surface area (Å²) in [4.78, 5) is 6.71. The quantitative estimate of drug-likeness (QED) is 0.651. The molecule has 1 fully saturated rings. The lowest BCUT2D eigenvalue weighted by molar-refractivity contribution is 0.0674. The van der Waals surface area contributed by atoms with Crippen molar-refractivity contribution in [2.45, 2.75) is 18.4 Å². The molecule has 1 heterocycles. The van der Waals surface area contributed by atoms with Crippen molar-refractivity contribution in [3.63, 3.8) is 0 Å². The summed E-state index contributed by atoms with van der Waals surface area (Å²) in [7, 11) is -3.18. The van der Waals surface area contributed by atoms with Crippen LogP contribution in [0.15, 0.2) is 28.1 Å². The van der Waals surface area contributed by atoms with Gasteiger partial charge in [-0.1, -0.05) is 12.1 Å². The van der Waals surface area contributed by atoms with Crippen molar-refractivity contribution >= 4 is 15.8 Å². The Morgan fingerprint density at radius 3 is 2.62 bits per heavy atom. The van der Waals surface area contributed by atoms with E-state index in [0.717, 1.165) is 24.2 Å². The summed E-state index contributed by atoms with van der Waals surface area (Å²) in [5, 5.41) is 0. The summed E-state index contributed by atoms with van der Waals surface area (Å²) in [5.41, 5.74) is 7.63. The Bertz CT molecular complexity index is 635. The number of guanidine groups is 1. The second-order valence-electron chi connectivity index (χ2n) is 5.15. The van der Waals surface area contributed by atoms with Crippen LogP contribution in [0.3, 0.4) is 0 Å². The van der Waals surface area contributed by atoms with Crippen molar-refractivity contribution in [1.29, 1.82) is 0 Å². The molecule has 2 N–H and O–H groups in total. The molecule has 0 bridgehead atoms. The molecular formula is C14H21N3O3S. The van der Waals surface area contributed by atoms with Gasteiger partial charge in [0.05, 0.1) is 24.7 Å². The number of benzene rings is 1. The van der Waals surface area contributed by atoms with E-state index >= 15 is 0 Å². The van der Waals surface area contributed by atoms with Crippen molar-refractivity contribution in [3.05, 3.63) is 29.3 Å². The number of nitrogens with zero attached hydrogens (tertiary/aromatic N) is 2. The van der Waals surface area contributed by atoms with E-state index in [1.807, 2.05) is 11.0 Å². The molecule has 116 valence electrons. The van der Waals surface area contributed by atoms with E-state index in [2.05, 4.69) is 4.99 Å². The van der Waals surface area contributed by atoms with Gasteiger partial charge in [-0.05, 0) is 24.1 Å². The summed E-state index contributed by atoms with van der Waals surface area (Å²) in [5.74, 6) is 0.503. The third-order valence-electron chi connectivity index (χ3n) is 3.40. The van der Waals surface area contributed by atoms with Crippen LogP contribution in [0.4, 0.5) is 0 Å². The first-order valence-corrected chi connectivity index (χ1v) is 8.69. The number of morpholine rings is 1. The van der Waals surface area contributed by atoms with Gasteiger partial charge < -0.3 is 15.4 Å². The third-order valence-corrected chi connectivity index (χ3v) is 4.65. The minimum absolute atomic E-state index is 0.358. The molecule has 0 radical (unpaired) electrons. The first-order chi connectivity index (χ1) is 9.88. The fraction of sp³-hybridized carbons (Fsp3) is 0.500. The van der Waals surface area contributed by atoms with Gasteiger partial charge in [-0.15, -0.1) is 0 Å². The lowest BCUT2D eigenvalue weighted by Crippen LogP contribution is -2.44. The zero-order chi connectivity index (χ0) is 15.5. The van der Waals surface area contributed by atoms with E-state index in [-0.39, 0.29) is 0 Å². The summed E-state index contributed by atoms with van der Waals surface area (Å²) in [6.07, 6.45) is 1.21. The number of aryl methyl sites for hydroxylation is 1. The molecule has 0 atom stereocenters. The summed E-state index contributed by atoms with van der Waals surface area (Å²) in [6, 6.07) is 5.24. The third kappa shape index (κ3) is 4.18. The molecule has 6 nitrogen and oxygen atoms in total. The average Bonchev–Trinajstić information content (AvgIpc) is 2.44. The van der Waals surface area contributed by atoms with Crippen LogP contribution in [0.25, 0.3) is 0 Å². The molecule has 21 heavy (non-hydrogen) atoms. The van der Waals surface area contributed by atoms with Gasteiger partial charge in [0.15, 0.2) is 15.8 Å².